The monoisotopic (exact) mass is 320 g/mol. The van der Waals surface area contributed by atoms with Gasteiger partial charge in [0.25, 0.3) is 11.8 Å². The van der Waals surface area contributed by atoms with Crippen LogP contribution in [0.1, 0.15) is 37.4 Å². The van der Waals surface area contributed by atoms with Crippen molar-refractivity contribution in [3.05, 3.63) is 71.6 Å². The van der Waals surface area contributed by atoms with Crippen molar-refractivity contribution in [1.29, 1.82) is 0 Å². The lowest BCUT2D eigenvalue weighted by Gasteiger charge is -2.14. The molecule has 0 fully saturated rings. The molecular formula is C20H20N2O2. The summed E-state index contributed by atoms with van der Waals surface area (Å²) in [6, 6.07) is 15.0. The number of aromatic nitrogens is 1. The average Bonchev–Trinajstić information content (AvgIpc) is 2.86. The fourth-order valence-electron chi connectivity index (χ4n) is 2.91. The van der Waals surface area contributed by atoms with Crippen LogP contribution in [0.5, 0.6) is 0 Å². The van der Waals surface area contributed by atoms with Gasteiger partial charge in [-0.15, -0.1) is 0 Å². The van der Waals surface area contributed by atoms with E-state index in [2.05, 4.69) is 11.9 Å². The summed E-state index contributed by atoms with van der Waals surface area (Å²) >= 11 is 0. The van der Waals surface area contributed by atoms with Crippen LogP contribution in [0.4, 0.5) is 0 Å². The first-order valence-corrected chi connectivity index (χ1v) is 8.27. The van der Waals surface area contributed by atoms with E-state index in [9.17, 15) is 9.59 Å². The highest BCUT2D eigenvalue weighted by molar-refractivity contribution is 6.35. The lowest BCUT2D eigenvalue weighted by molar-refractivity contribution is -0.137. The molecule has 0 saturated carbocycles. The maximum Gasteiger partial charge on any atom is 0.262 e. The smallest absolute Gasteiger partial charge is 0.262 e. The molecule has 0 radical (unpaired) electrons. The second kappa shape index (κ2) is 7.21. The fraction of sp³-hybridized carbons (Fsp3) is 0.250. The van der Waals surface area contributed by atoms with Crippen molar-refractivity contribution in [3.8, 4) is 0 Å². The highest BCUT2D eigenvalue weighted by Crippen LogP contribution is 2.32. The third kappa shape index (κ3) is 3.13. The van der Waals surface area contributed by atoms with Crippen LogP contribution in [0.15, 0.2) is 60.3 Å². The summed E-state index contributed by atoms with van der Waals surface area (Å²) in [6.45, 7) is 2.29. The number of imide groups is 1. The van der Waals surface area contributed by atoms with Gasteiger partial charge in [0, 0.05) is 11.8 Å². The first kappa shape index (κ1) is 16.1. The molecule has 1 aromatic heterocycles. The molecule has 4 heteroatoms. The lowest BCUT2D eigenvalue weighted by Crippen LogP contribution is -2.31. The summed E-state index contributed by atoms with van der Waals surface area (Å²) < 4.78 is 0. The summed E-state index contributed by atoms with van der Waals surface area (Å²) in [4.78, 5) is 31.3. The van der Waals surface area contributed by atoms with E-state index < -0.39 is 0 Å². The van der Waals surface area contributed by atoms with E-state index in [0.717, 1.165) is 18.4 Å². The SMILES string of the molecule is CCCCC1=C(c2ccccc2)C(=O)N(Cc2ccccn2)C1=O. The maximum absolute atomic E-state index is 12.9. The van der Waals surface area contributed by atoms with Crippen LogP contribution in [0.25, 0.3) is 5.57 Å². The minimum Gasteiger partial charge on any atom is -0.269 e. The van der Waals surface area contributed by atoms with Crippen molar-refractivity contribution in [2.45, 2.75) is 32.7 Å². The number of benzene rings is 1. The van der Waals surface area contributed by atoms with Gasteiger partial charge < -0.3 is 0 Å². The van der Waals surface area contributed by atoms with Crippen molar-refractivity contribution >= 4 is 17.4 Å². The van der Waals surface area contributed by atoms with Gasteiger partial charge in [-0.25, -0.2) is 0 Å². The molecule has 0 saturated heterocycles. The molecule has 0 aliphatic carbocycles. The second-order valence-electron chi connectivity index (χ2n) is 5.84. The van der Waals surface area contributed by atoms with Crippen LogP contribution in [0.3, 0.4) is 0 Å². The molecule has 0 bridgehead atoms. The number of hydrogen-bond acceptors (Lipinski definition) is 3. The van der Waals surface area contributed by atoms with Crippen molar-refractivity contribution in [2.24, 2.45) is 0 Å². The van der Waals surface area contributed by atoms with Crippen LogP contribution in [0, 0.1) is 0 Å². The Morgan fingerprint density at radius 3 is 2.38 bits per heavy atom. The molecule has 1 aromatic carbocycles. The average molecular weight is 320 g/mol. The minimum absolute atomic E-state index is 0.182. The van der Waals surface area contributed by atoms with Crippen molar-refractivity contribution in [1.82, 2.24) is 9.88 Å². The number of rotatable bonds is 6. The molecule has 4 nitrogen and oxygen atoms in total. The van der Waals surface area contributed by atoms with E-state index >= 15 is 0 Å². The van der Waals surface area contributed by atoms with E-state index in [-0.39, 0.29) is 18.4 Å². The molecule has 3 rings (SSSR count). The molecule has 24 heavy (non-hydrogen) atoms. The van der Waals surface area contributed by atoms with Crippen molar-refractivity contribution in [2.75, 3.05) is 0 Å². The normalized spacial score (nSPS) is 14.6. The lowest BCUT2D eigenvalue weighted by atomic mass is 9.98. The van der Waals surface area contributed by atoms with E-state index in [4.69, 9.17) is 0 Å². The number of amides is 2. The van der Waals surface area contributed by atoms with Gasteiger partial charge in [0.15, 0.2) is 0 Å². The Hall–Kier alpha value is -2.75. The minimum atomic E-state index is -0.219. The van der Waals surface area contributed by atoms with Gasteiger partial charge in [0.2, 0.25) is 0 Å². The number of unbranched alkanes of at least 4 members (excludes halogenated alkanes) is 1. The Morgan fingerprint density at radius 1 is 0.958 bits per heavy atom. The third-order valence-electron chi connectivity index (χ3n) is 4.15. The zero-order chi connectivity index (χ0) is 16.9. The predicted octanol–water partition coefficient (Wildman–Crippen LogP) is 3.59. The summed E-state index contributed by atoms with van der Waals surface area (Å²) in [5.74, 6) is -0.402. The predicted molar refractivity (Wildman–Crippen MR) is 92.7 cm³/mol. The molecular weight excluding hydrogens is 300 g/mol. The Morgan fingerprint density at radius 2 is 1.71 bits per heavy atom. The van der Waals surface area contributed by atoms with E-state index in [1.54, 1.807) is 6.20 Å². The number of pyridine rings is 1. The second-order valence-corrected chi connectivity index (χ2v) is 5.84. The molecule has 1 aliphatic heterocycles. The van der Waals surface area contributed by atoms with Crippen LogP contribution in [-0.4, -0.2) is 21.7 Å². The standard InChI is InChI=1S/C20H20N2O2/c1-2-3-12-17-18(15-9-5-4-6-10-15)20(24)22(19(17)23)14-16-11-7-8-13-21-16/h4-11,13H,2-3,12,14H2,1H3. The highest BCUT2D eigenvalue weighted by atomic mass is 16.2. The molecule has 0 atom stereocenters. The molecule has 2 amide bonds. The van der Waals surface area contributed by atoms with Gasteiger partial charge in [0.1, 0.15) is 0 Å². The van der Waals surface area contributed by atoms with Crippen LogP contribution in [0.2, 0.25) is 0 Å². The fourth-order valence-corrected chi connectivity index (χ4v) is 2.91. The number of nitrogens with zero attached hydrogens (tertiary/aromatic N) is 2. The third-order valence-corrected chi connectivity index (χ3v) is 4.15. The summed E-state index contributed by atoms with van der Waals surface area (Å²) in [5, 5.41) is 0. The van der Waals surface area contributed by atoms with E-state index in [0.29, 0.717) is 23.3 Å². The molecule has 122 valence electrons. The van der Waals surface area contributed by atoms with E-state index in [1.165, 1.54) is 4.90 Å². The zero-order valence-corrected chi connectivity index (χ0v) is 13.7. The first-order valence-electron chi connectivity index (χ1n) is 8.27. The molecule has 0 spiro atoms. The Bertz CT molecular complexity index is 767. The molecule has 0 unspecified atom stereocenters. The van der Waals surface area contributed by atoms with Gasteiger partial charge >= 0.3 is 0 Å². The van der Waals surface area contributed by atoms with Gasteiger partial charge in [-0.2, -0.15) is 0 Å². The van der Waals surface area contributed by atoms with Gasteiger partial charge in [-0.1, -0.05) is 49.7 Å². The van der Waals surface area contributed by atoms with Crippen LogP contribution >= 0.6 is 0 Å². The van der Waals surface area contributed by atoms with Crippen LogP contribution in [-0.2, 0) is 16.1 Å². The molecule has 0 N–H and O–H groups in total. The highest BCUT2D eigenvalue weighted by Gasteiger charge is 2.38. The zero-order valence-electron chi connectivity index (χ0n) is 13.7. The van der Waals surface area contributed by atoms with Gasteiger partial charge in [-0.05, 0) is 30.5 Å². The largest absolute Gasteiger partial charge is 0.269 e. The molecule has 2 heterocycles. The van der Waals surface area contributed by atoms with Crippen molar-refractivity contribution in [3.63, 3.8) is 0 Å². The van der Waals surface area contributed by atoms with Crippen LogP contribution < -0.4 is 0 Å². The Kier molecular flexibility index (Phi) is 4.85. The number of carbonyl (C=O) groups is 2. The first-order chi connectivity index (χ1) is 11.7. The molecule has 1 aliphatic rings. The topological polar surface area (TPSA) is 50.3 Å². The Balaban J connectivity index is 1.95. The summed E-state index contributed by atoms with van der Waals surface area (Å²) in [6.07, 6.45) is 4.17. The van der Waals surface area contributed by atoms with E-state index in [1.807, 2.05) is 48.5 Å². The molecule has 2 aromatic rings. The summed E-state index contributed by atoms with van der Waals surface area (Å²) in [5.41, 5.74) is 2.70. The number of hydrogen-bond donors (Lipinski definition) is 0. The quantitative estimate of drug-likeness (QED) is 0.764. The number of carbonyl (C=O) groups excluding carboxylic acids is 2. The summed E-state index contributed by atoms with van der Waals surface area (Å²) in [7, 11) is 0. The van der Waals surface area contributed by atoms with Gasteiger partial charge in [0.05, 0.1) is 17.8 Å². The maximum atomic E-state index is 12.9. The Labute approximate surface area is 141 Å². The van der Waals surface area contributed by atoms with Crippen molar-refractivity contribution < 1.29 is 9.59 Å². The van der Waals surface area contributed by atoms with Gasteiger partial charge in [-0.3, -0.25) is 19.5 Å².